The summed E-state index contributed by atoms with van der Waals surface area (Å²) in [7, 11) is -2.22. The Kier molecular flexibility index (Phi) is 7.28. The van der Waals surface area contributed by atoms with Crippen LogP contribution in [0.2, 0.25) is 5.02 Å². The van der Waals surface area contributed by atoms with E-state index < -0.39 is 10.0 Å². The number of ether oxygens (including phenoxy) is 2. The van der Waals surface area contributed by atoms with E-state index in [1.165, 1.54) is 6.07 Å². The Balaban J connectivity index is 2.11. The zero-order valence-electron chi connectivity index (χ0n) is 14.7. The Labute approximate surface area is 159 Å². The summed E-state index contributed by atoms with van der Waals surface area (Å²) in [6.45, 7) is 2.38. The highest BCUT2D eigenvalue weighted by molar-refractivity contribution is 7.89. The lowest BCUT2D eigenvalue weighted by Gasteiger charge is -2.17. The quantitative estimate of drug-likeness (QED) is 0.634. The van der Waals surface area contributed by atoms with Gasteiger partial charge in [0.15, 0.2) is 0 Å². The van der Waals surface area contributed by atoms with Crippen molar-refractivity contribution in [2.24, 2.45) is 0 Å². The van der Waals surface area contributed by atoms with Gasteiger partial charge in [-0.3, -0.25) is 0 Å². The summed E-state index contributed by atoms with van der Waals surface area (Å²) in [5.74, 6) is 0.235. The molecule has 3 N–H and O–H groups in total. The lowest BCUT2D eigenvalue weighted by atomic mass is 10.1. The van der Waals surface area contributed by atoms with E-state index in [-0.39, 0.29) is 23.3 Å². The third-order valence-electron chi connectivity index (χ3n) is 3.61. The number of hydrogen-bond acceptors (Lipinski definition) is 5. The van der Waals surface area contributed by atoms with Crippen LogP contribution in [0.3, 0.4) is 0 Å². The maximum atomic E-state index is 12.7. The third kappa shape index (κ3) is 5.88. The van der Waals surface area contributed by atoms with Crippen LogP contribution >= 0.6 is 11.6 Å². The SMILES string of the molecule is COCC(C)Oc1ccc(Cl)cc1S(=O)(=O)NCCc1ccc(N)cc1. The van der Waals surface area contributed by atoms with Gasteiger partial charge in [0.2, 0.25) is 10.0 Å². The molecular formula is C18H23ClN2O4S. The molecule has 0 spiro atoms. The number of halogens is 1. The van der Waals surface area contributed by atoms with Crippen molar-refractivity contribution >= 4 is 27.3 Å². The van der Waals surface area contributed by atoms with E-state index >= 15 is 0 Å². The second-order valence-electron chi connectivity index (χ2n) is 5.86. The molecule has 142 valence electrons. The molecule has 0 aliphatic rings. The molecule has 0 bridgehead atoms. The second-order valence-corrected chi connectivity index (χ2v) is 8.04. The van der Waals surface area contributed by atoms with Gasteiger partial charge in [-0.05, 0) is 49.2 Å². The first-order valence-corrected chi connectivity index (χ1v) is 9.97. The average Bonchev–Trinajstić information content (AvgIpc) is 2.58. The van der Waals surface area contributed by atoms with Crippen molar-refractivity contribution in [3.63, 3.8) is 0 Å². The van der Waals surface area contributed by atoms with Gasteiger partial charge in [0.1, 0.15) is 16.7 Å². The van der Waals surface area contributed by atoms with Gasteiger partial charge in [-0.1, -0.05) is 23.7 Å². The molecule has 1 unspecified atom stereocenters. The molecule has 0 fully saturated rings. The largest absolute Gasteiger partial charge is 0.487 e. The van der Waals surface area contributed by atoms with Crippen molar-refractivity contribution in [1.82, 2.24) is 4.72 Å². The van der Waals surface area contributed by atoms with Crippen LogP contribution in [-0.2, 0) is 21.2 Å². The van der Waals surface area contributed by atoms with Crippen molar-refractivity contribution in [1.29, 1.82) is 0 Å². The Morgan fingerprint density at radius 3 is 2.54 bits per heavy atom. The molecule has 2 rings (SSSR count). The molecule has 0 amide bonds. The predicted molar refractivity (Wildman–Crippen MR) is 103 cm³/mol. The first-order chi connectivity index (χ1) is 12.3. The van der Waals surface area contributed by atoms with Crippen LogP contribution in [0.15, 0.2) is 47.4 Å². The maximum Gasteiger partial charge on any atom is 0.244 e. The molecule has 0 heterocycles. The third-order valence-corrected chi connectivity index (χ3v) is 5.33. The fraction of sp³-hybridized carbons (Fsp3) is 0.333. The van der Waals surface area contributed by atoms with Crippen LogP contribution in [-0.4, -0.2) is 34.8 Å². The van der Waals surface area contributed by atoms with E-state index in [1.807, 2.05) is 12.1 Å². The highest BCUT2D eigenvalue weighted by Gasteiger charge is 2.21. The maximum absolute atomic E-state index is 12.7. The van der Waals surface area contributed by atoms with E-state index in [4.69, 9.17) is 26.8 Å². The minimum absolute atomic E-state index is 0.00487. The van der Waals surface area contributed by atoms with Gasteiger partial charge in [-0.25, -0.2) is 13.1 Å². The summed E-state index contributed by atoms with van der Waals surface area (Å²) in [4.78, 5) is 0.00487. The molecule has 2 aromatic rings. The normalized spacial score (nSPS) is 12.7. The summed E-state index contributed by atoms with van der Waals surface area (Å²) in [5, 5.41) is 0.315. The van der Waals surface area contributed by atoms with Crippen molar-refractivity contribution in [3.8, 4) is 5.75 Å². The Hall–Kier alpha value is -1.80. The number of rotatable bonds is 9. The number of nitrogens with two attached hydrogens (primary N) is 1. The zero-order chi connectivity index (χ0) is 19.2. The molecule has 8 heteroatoms. The topological polar surface area (TPSA) is 90.6 Å². The summed E-state index contributed by atoms with van der Waals surface area (Å²) < 4.78 is 38.7. The molecule has 0 aromatic heterocycles. The molecule has 1 atom stereocenters. The highest BCUT2D eigenvalue weighted by Crippen LogP contribution is 2.28. The average molecular weight is 399 g/mol. The number of methoxy groups -OCH3 is 1. The standard InChI is InChI=1S/C18H23ClN2O4S/c1-13(12-24-2)25-17-8-5-15(19)11-18(17)26(22,23)21-10-9-14-3-6-16(20)7-4-14/h3-8,11,13,21H,9-10,12,20H2,1-2H3. The lowest BCUT2D eigenvalue weighted by Crippen LogP contribution is -2.27. The first kappa shape index (κ1) is 20.5. The van der Waals surface area contributed by atoms with Gasteiger partial charge in [0.25, 0.3) is 0 Å². The molecule has 0 aliphatic carbocycles. The minimum Gasteiger partial charge on any atom is -0.487 e. The fourth-order valence-electron chi connectivity index (χ4n) is 2.37. The summed E-state index contributed by atoms with van der Waals surface area (Å²) >= 11 is 5.98. The monoisotopic (exact) mass is 398 g/mol. The minimum atomic E-state index is -3.78. The van der Waals surface area contributed by atoms with Gasteiger partial charge >= 0.3 is 0 Å². The second kappa shape index (κ2) is 9.23. The van der Waals surface area contributed by atoms with Crippen LogP contribution in [0.4, 0.5) is 5.69 Å². The number of benzene rings is 2. The van der Waals surface area contributed by atoms with Crippen molar-refractivity contribution < 1.29 is 17.9 Å². The van der Waals surface area contributed by atoms with Crippen LogP contribution in [0, 0.1) is 0 Å². The number of nitrogens with one attached hydrogen (secondary N) is 1. The smallest absolute Gasteiger partial charge is 0.244 e. The van der Waals surface area contributed by atoms with Gasteiger partial charge in [-0.2, -0.15) is 0 Å². The molecule has 0 saturated carbocycles. The highest BCUT2D eigenvalue weighted by atomic mass is 35.5. The molecule has 26 heavy (non-hydrogen) atoms. The number of hydrogen-bond donors (Lipinski definition) is 2. The van der Waals surface area contributed by atoms with Crippen molar-refractivity contribution in [2.75, 3.05) is 26.0 Å². The molecule has 0 saturated heterocycles. The lowest BCUT2D eigenvalue weighted by molar-refractivity contribution is 0.0901. The summed E-state index contributed by atoms with van der Waals surface area (Å²) in [6.07, 6.45) is 0.237. The summed E-state index contributed by atoms with van der Waals surface area (Å²) in [5.41, 5.74) is 7.30. The predicted octanol–water partition coefficient (Wildman–Crippen LogP) is 2.86. The van der Waals surface area contributed by atoms with Crippen molar-refractivity contribution in [3.05, 3.63) is 53.1 Å². The van der Waals surface area contributed by atoms with Gasteiger partial charge in [0, 0.05) is 24.4 Å². The molecule has 0 aliphatic heterocycles. The Morgan fingerprint density at radius 2 is 1.88 bits per heavy atom. The zero-order valence-corrected chi connectivity index (χ0v) is 16.3. The number of anilines is 1. The van der Waals surface area contributed by atoms with E-state index in [2.05, 4.69) is 4.72 Å². The fourth-order valence-corrected chi connectivity index (χ4v) is 3.79. The van der Waals surface area contributed by atoms with E-state index in [1.54, 1.807) is 38.3 Å². The van der Waals surface area contributed by atoms with Gasteiger partial charge < -0.3 is 15.2 Å². The Morgan fingerprint density at radius 1 is 1.19 bits per heavy atom. The number of nitrogen functional groups attached to an aromatic ring is 1. The molecule has 6 nitrogen and oxygen atoms in total. The van der Waals surface area contributed by atoms with Gasteiger partial charge in [0.05, 0.1) is 6.61 Å². The molecular weight excluding hydrogens is 376 g/mol. The van der Waals surface area contributed by atoms with E-state index in [0.29, 0.717) is 23.7 Å². The Bertz CT molecular complexity index is 826. The van der Waals surface area contributed by atoms with Gasteiger partial charge in [-0.15, -0.1) is 0 Å². The van der Waals surface area contributed by atoms with E-state index in [0.717, 1.165) is 5.56 Å². The molecule has 2 aromatic carbocycles. The van der Waals surface area contributed by atoms with Crippen LogP contribution in [0.5, 0.6) is 5.75 Å². The number of sulfonamides is 1. The first-order valence-electron chi connectivity index (χ1n) is 8.11. The van der Waals surface area contributed by atoms with E-state index in [9.17, 15) is 8.42 Å². The van der Waals surface area contributed by atoms with Crippen molar-refractivity contribution in [2.45, 2.75) is 24.3 Å². The summed E-state index contributed by atoms with van der Waals surface area (Å²) in [6, 6.07) is 11.8. The van der Waals surface area contributed by atoms with Crippen LogP contribution < -0.4 is 15.2 Å². The van der Waals surface area contributed by atoms with Crippen LogP contribution in [0.25, 0.3) is 0 Å². The molecule has 0 radical (unpaired) electrons. The van der Waals surface area contributed by atoms with Crippen LogP contribution in [0.1, 0.15) is 12.5 Å².